The van der Waals surface area contributed by atoms with E-state index in [0.717, 1.165) is 45.7 Å². The zero-order chi connectivity index (χ0) is 14.4. The number of rotatable bonds is 6. The molecule has 0 bridgehead atoms. The summed E-state index contributed by atoms with van der Waals surface area (Å²) in [5.41, 5.74) is 2.69. The lowest BCUT2D eigenvalue weighted by molar-refractivity contribution is 0.0406. The fraction of sp³-hybridized carbons (Fsp3) is 0.625. The van der Waals surface area contributed by atoms with Crippen molar-refractivity contribution in [3.63, 3.8) is 0 Å². The van der Waals surface area contributed by atoms with Gasteiger partial charge in [-0.05, 0) is 43.6 Å². The Balaban J connectivity index is 1.94. The first-order valence-corrected chi connectivity index (χ1v) is 8.26. The Morgan fingerprint density at radius 2 is 2.10 bits per heavy atom. The van der Waals surface area contributed by atoms with E-state index in [4.69, 9.17) is 4.74 Å². The smallest absolute Gasteiger partial charge is 0.0480 e. The van der Waals surface area contributed by atoms with E-state index in [1.54, 1.807) is 0 Å². The minimum absolute atomic E-state index is 0.650. The van der Waals surface area contributed by atoms with Crippen LogP contribution in [0.2, 0.25) is 0 Å². The predicted octanol–water partition coefficient (Wildman–Crippen LogP) is 3.17. The highest BCUT2D eigenvalue weighted by Crippen LogP contribution is 2.22. The number of hydrogen-bond donors (Lipinski definition) is 1. The van der Waals surface area contributed by atoms with Crippen molar-refractivity contribution < 1.29 is 4.74 Å². The summed E-state index contributed by atoms with van der Waals surface area (Å²) in [7, 11) is 2.22. The van der Waals surface area contributed by atoms with Gasteiger partial charge < -0.3 is 10.1 Å². The number of nitrogens with one attached hydrogen (secondary N) is 1. The van der Waals surface area contributed by atoms with Crippen molar-refractivity contribution in [2.75, 3.05) is 26.8 Å². The molecule has 0 atom stereocenters. The topological polar surface area (TPSA) is 24.5 Å². The lowest BCUT2D eigenvalue weighted by Gasteiger charge is -2.31. The summed E-state index contributed by atoms with van der Waals surface area (Å²) in [6.07, 6.45) is 2.29. The third-order valence-corrected chi connectivity index (χ3v) is 4.67. The molecule has 0 spiro atoms. The Bertz CT molecular complexity index is 419. The molecular formula is C16H25BrN2O. The molecule has 1 N–H and O–H groups in total. The Hall–Kier alpha value is -0.420. The molecule has 4 heteroatoms. The van der Waals surface area contributed by atoms with Crippen LogP contribution >= 0.6 is 15.9 Å². The van der Waals surface area contributed by atoms with Crippen molar-refractivity contribution in [3.05, 3.63) is 33.8 Å². The molecule has 0 aliphatic carbocycles. The van der Waals surface area contributed by atoms with Crippen LogP contribution < -0.4 is 5.32 Å². The maximum Gasteiger partial charge on any atom is 0.0480 e. The van der Waals surface area contributed by atoms with Gasteiger partial charge in [0.05, 0.1) is 0 Å². The maximum absolute atomic E-state index is 5.43. The Morgan fingerprint density at radius 3 is 2.75 bits per heavy atom. The zero-order valence-corrected chi connectivity index (χ0v) is 14.1. The van der Waals surface area contributed by atoms with E-state index in [-0.39, 0.29) is 0 Å². The van der Waals surface area contributed by atoms with Crippen LogP contribution in [0.3, 0.4) is 0 Å². The van der Waals surface area contributed by atoms with Gasteiger partial charge in [0.1, 0.15) is 0 Å². The maximum atomic E-state index is 5.43. The van der Waals surface area contributed by atoms with Crippen molar-refractivity contribution >= 4 is 15.9 Å². The highest BCUT2D eigenvalue weighted by Gasteiger charge is 2.19. The van der Waals surface area contributed by atoms with Crippen molar-refractivity contribution in [2.24, 2.45) is 0 Å². The molecule has 0 saturated carbocycles. The van der Waals surface area contributed by atoms with Crippen molar-refractivity contribution in [3.8, 4) is 0 Å². The van der Waals surface area contributed by atoms with E-state index in [2.05, 4.69) is 58.3 Å². The first-order valence-electron chi connectivity index (χ1n) is 7.46. The Morgan fingerprint density at radius 1 is 1.35 bits per heavy atom. The van der Waals surface area contributed by atoms with Crippen molar-refractivity contribution in [1.82, 2.24) is 10.2 Å². The molecule has 1 aromatic carbocycles. The van der Waals surface area contributed by atoms with Gasteiger partial charge in [0.15, 0.2) is 0 Å². The van der Waals surface area contributed by atoms with Crippen LogP contribution in [0.15, 0.2) is 22.7 Å². The first-order chi connectivity index (χ1) is 9.70. The second kappa shape index (κ2) is 8.13. The van der Waals surface area contributed by atoms with E-state index < -0.39 is 0 Å². The van der Waals surface area contributed by atoms with E-state index in [1.807, 2.05) is 0 Å². The molecule has 3 nitrogen and oxygen atoms in total. The van der Waals surface area contributed by atoms with Gasteiger partial charge in [-0.3, -0.25) is 4.90 Å². The van der Waals surface area contributed by atoms with Crippen LogP contribution in [0.5, 0.6) is 0 Å². The summed E-state index contributed by atoms with van der Waals surface area (Å²) in [5, 5.41) is 3.36. The van der Waals surface area contributed by atoms with Gasteiger partial charge in [-0.2, -0.15) is 0 Å². The molecule has 0 radical (unpaired) electrons. The fourth-order valence-electron chi connectivity index (χ4n) is 2.62. The normalized spacial score (nSPS) is 16.8. The molecule has 0 aromatic heterocycles. The minimum Gasteiger partial charge on any atom is -0.381 e. The van der Waals surface area contributed by atoms with Crippen LogP contribution in [0.4, 0.5) is 0 Å². The molecule has 112 valence electrons. The third kappa shape index (κ3) is 4.55. The number of halogens is 1. The number of nitrogens with zero attached hydrogens (tertiary/aromatic N) is 1. The SMILES string of the molecule is CCNCc1ccc(CN(C)C2CCOCC2)c(Br)c1. The largest absolute Gasteiger partial charge is 0.381 e. The van der Waals surface area contributed by atoms with Crippen LogP contribution in [-0.4, -0.2) is 37.7 Å². The molecule has 20 heavy (non-hydrogen) atoms. The van der Waals surface area contributed by atoms with E-state index >= 15 is 0 Å². The molecule has 0 amide bonds. The summed E-state index contributed by atoms with van der Waals surface area (Å²) in [6, 6.07) is 7.35. The molecular weight excluding hydrogens is 316 g/mol. The lowest BCUT2D eigenvalue weighted by Crippen LogP contribution is -2.36. The Kier molecular flexibility index (Phi) is 6.49. The molecule has 1 aliphatic rings. The number of ether oxygens (including phenoxy) is 1. The first kappa shape index (κ1) is 16.0. The highest BCUT2D eigenvalue weighted by atomic mass is 79.9. The third-order valence-electron chi connectivity index (χ3n) is 3.93. The van der Waals surface area contributed by atoms with Gasteiger partial charge in [0.25, 0.3) is 0 Å². The molecule has 1 aromatic rings. The zero-order valence-electron chi connectivity index (χ0n) is 12.5. The van der Waals surface area contributed by atoms with Crippen LogP contribution in [-0.2, 0) is 17.8 Å². The summed E-state index contributed by atoms with van der Waals surface area (Å²) >= 11 is 3.71. The molecule has 2 rings (SSSR count). The summed E-state index contributed by atoms with van der Waals surface area (Å²) < 4.78 is 6.65. The monoisotopic (exact) mass is 340 g/mol. The van der Waals surface area contributed by atoms with Gasteiger partial charge in [-0.25, -0.2) is 0 Å². The average Bonchev–Trinajstić information content (AvgIpc) is 2.48. The molecule has 1 aliphatic heterocycles. The van der Waals surface area contributed by atoms with Crippen LogP contribution in [0.25, 0.3) is 0 Å². The summed E-state index contributed by atoms with van der Waals surface area (Å²) in [5.74, 6) is 0. The van der Waals surface area contributed by atoms with Gasteiger partial charge in [-0.1, -0.05) is 35.0 Å². The molecule has 1 saturated heterocycles. The highest BCUT2D eigenvalue weighted by molar-refractivity contribution is 9.10. The molecule has 0 unspecified atom stereocenters. The molecule has 1 heterocycles. The average molecular weight is 341 g/mol. The standard InChI is InChI=1S/C16H25BrN2O/c1-3-18-11-13-4-5-14(16(17)10-13)12-19(2)15-6-8-20-9-7-15/h4-5,10,15,18H,3,6-9,11-12H2,1-2H3. The minimum atomic E-state index is 0.650. The fourth-order valence-corrected chi connectivity index (χ4v) is 3.17. The van der Waals surface area contributed by atoms with Crippen LogP contribution in [0.1, 0.15) is 30.9 Å². The van der Waals surface area contributed by atoms with Crippen molar-refractivity contribution in [2.45, 2.75) is 38.9 Å². The van der Waals surface area contributed by atoms with Gasteiger partial charge >= 0.3 is 0 Å². The number of hydrogen-bond acceptors (Lipinski definition) is 3. The van der Waals surface area contributed by atoms with Gasteiger partial charge in [0, 0.05) is 36.8 Å². The second-order valence-electron chi connectivity index (χ2n) is 5.46. The van der Waals surface area contributed by atoms with E-state index in [9.17, 15) is 0 Å². The second-order valence-corrected chi connectivity index (χ2v) is 6.32. The lowest BCUT2D eigenvalue weighted by atomic mass is 10.1. The Labute approximate surface area is 130 Å². The van der Waals surface area contributed by atoms with Gasteiger partial charge in [0.2, 0.25) is 0 Å². The summed E-state index contributed by atoms with van der Waals surface area (Å²) in [4.78, 5) is 2.45. The van der Waals surface area contributed by atoms with Crippen LogP contribution in [0, 0.1) is 0 Å². The van der Waals surface area contributed by atoms with Crippen molar-refractivity contribution in [1.29, 1.82) is 0 Å². The number of benzene rings is 1. The van der Waals surface area contributed by atoms with E-state index in [1.165, 1.54) is 15.6 Å². The van der Waals surface area contributed by atoms with Gasteiger partial charge in [-0.15, -0.1) is 0 Å². The quantitative estimate of drug-likeness (QED) is 0.860. The molecule has 1 fully saturated rings. The summed E-state index contributed by atoms with van der Waals surface area (Å²) in [6.45, 7) is 6.87. The van der Waals surface area contributed by atoms with E-state index in [0.29, 0.717) is 6.04 Å². The predicted molar refractivity (Wildman–Crippen MR) is 86.8 cm³/mol.